The average Bonchev–Trinajstić information content (AvgIpc) is 2.80. The van der Waals surface area contributed by atoms with E-state index in [2.05, 4.69) is 5.32 Å². The van der Waals surface area contributed by atoms with Crippen LogP contribution in [0.3, 0.4) is 0 Å². The molecule has 0 aromatic heterocycles. The second-order valence-electron chi connectivity index (χ2n) is 5.28. The maximum Gasteiger partial charge on any atom is 0.237 e. The number of hydrogen-bond acceptors (Lipinski definition) is 3. The Hall–Kier alpha value is -0.900. The summed E-state index contributed by atoms with van der Waals surface area (Å²) in [6, 6.07) is 0.199. The van der Waals surface area contributed by atoms with Crippen molar-refractivity contribution >= 4 is 11.7 Å². The molecule has 0 radical (unpaired) electrons. The molecule has 1 aliphatic heterocycles. The molecule has 2 fully saturated rings. The maximum atomic E-state index is 12.0. The van der Waals surface area contributed by atoms with Gasteiger partial charge in [-0.25, -0.2) is 0 Å². The molecule has 2 rings (SSSR count). The number of rotatable bonds is 3. The van der Waals surface area contributed by atoms with Crippen molar-refractivity contribution in [2.24, 2.45) is 0 Å². The summed E-state index contributed by atoms with van der Waals surface area (Å²) in [4.78, 5) is 25.4. The summed E-state index contributed by atoms with van der Waals surface area (Å²) in [5, 5.41) is 3.10. The summed E-state index contributed by atoms with van der Waals surface area (Å²) in [6.45, 7) is 3.22. The van der Waals surface area contributed by atoms with Crippen LogP contribution in [0.5, 0.6) is 0 Å². The molecule has 1 saturated carbocycles. The van der Waals surface area contributed by atoms with Gasteiger partial charge >= 0.3 is 0 Å². The number of ketones is 1. The molecule has 96 valence electrons. The average molecular weight is 238 g/mol. The number of piperidine rings is 1. The first-order chi connectivity index (χ1) is 8.16. The third-order valence-corrected chi connectivity index (χ3v) is 3.91. The van der Waals surface area contributed by atoms with Gasteiger partial charge < -0.3 is 5.32 Å². The fourth-order valence-corrected chi connectivity index (χ4v) is 2.75. The minimum absolute atomic E-state index is 0.0894. The van der Waals surface area contributed by atoms with Gasteiger partial charge in [0.2, 0.25) is 5.91 Å². The molecular formula is C13H22N2O2. The van der Waals surface area contributed by atoms with Gasteiger partial charge in [0.1, 0.15) is 5.78 Å². The van der Waals surface area contributed by atoms with Crippen LogP contribution in [0.1, 0.15) is 45.4 Å². The zero-order chi connectivity index (χ0) is 12.3. The Balaban J connectivity index is 1.82. The maximum absolute atomic E-state index is 12.0. The van der Waals surface area contributed by atoms with Gasteiger partial charge in [0.05, 0.1) is 12.6 Å². The predicted octanol–water partition coefficient (Wildman–Crippen LogP) is 1.10. The molecule has 1 atom stereocenters. The highest BCUT2D eigenvalue weighted by Gasteiger charge is 2.27. The lowest BCUT2D eigenvalue weighted by Crippen LogP contribution is -2.50. The van der Waals surface area contributed by atoms with Crippen molar-refractivity contribution in [1.82, 2.24) is 10.2 Å². The van der Waals surface area contributed by atoms with Gasteiger partial charge in [-0.3, -0.25) is 14.5 Å². The number of hydrogen-bond donors (Lipinski definition) is 1. The molecule has 1 amide bonds. The van der Waals surface area contributed by atoms with E-state index in [0.29, 0.717) is 19.0 Å². The topological polar surface area (TPSA) is 49.4 Å². The molecule has 1 unspecified atom stereocenters. The van der Waals surface area contributed by atoms with Crippen LogP contribution in [0.2, 0.25) is 0 Å². The number of likely N-dealkylation sites (tertiary alicyclic amines) is 1. The first-order valence-corrected chi connectivity index (χ1v) is 6.73. The largest absolute Gasteiger partial charge is 0.352 e. The van der Waals surface area contributed by atoms with Crippen molar-refractivity contribution < 1.29 is 9.59 Å². The Bertz CT molecular complexity index is 298. The van der Waals surface area contributed by atoms with Gasteiger partial charge in [-0.2, -0.15) is 0 Å². The highest BCUT2D eigenvalue weighted by atomic mass is 16.2. The molecule has 1 aliphatic carbocycles. The lowest BCUT2D eigenvalue weighted by Gasteiger charge is -2.31. The normalized spacial score (nSPS) is 24.9. The van der Waals surface area contributed by atoms with E-state index in [1.54, 1.807) is 0 Å². The van der Waals surface area contributed by atoms with Crippen LogP contribution in [0.4, 0.5) is 0 Å². The van der Waals surface area contributed by atoms with Crippen molar-refractivity contribution in [3.63, 3.8) is 0 Å². The SMILES string of the molecule is CC(C(=O)NC1CCCC1)N1CCCC(=O)C1. The summed E-state index contributed by atoms with van der Waals surface area (Å²) in [5.74, 6) is 0.350. The fourth-order valence-electron chi connectivity index (χ4n) is 2.75. The first-order valence-electron chi connectivity index (χ1n) is 6.73. The summed E-state index contributed by atoms with van der Waals surface area (Å²) in [7, 11) is 0. The quantitative estimate of drug-likeness (QED) is 0.801. The van der Waals surface area contributed by atoms with Gasteiger partial charge in [0.15, 0.2) is 0 Å². The zero-order valence-corrected chi connectivity index (χ0v) is 10.6. The molecule has 17 heavy (non-hydrogen) atoms. The lowest BCUT2D eigenvalue weighted by atomic mass is 10.1. The van der Waals surface area contributed by atoms with Crippen LogP contribution in [-0.2, 0) is 9.59 Å². The van der Waals surface area contributed by atoms with Crippen LogP contribution in [0, 0.1) is 0 Å². The van der Waals surface area contributed by atoms with Gasteiger partial charge in [0.25, 0.3) is 0 Å². The smallest absolute Gasteiger partial charge is 0.237 e. The van der Waals surface area contributed by atoms with Crippen LogP contribution < -0.4 is 5.32 Å². The number of carbonyl (C=O) groups is 2. The van der Waals surface area contributed by atoms with E-state index >= 15 is 0 Å². The summed E-state index contributed by atoms with van der Waals surface area (Å²) < 4.78 is 0. The van der Waals surface area contributed by atoms with E-state index in [4.69, 9.17) is 0 Å². The van der Waals surface area contributed by atoms with Gasteiger partial charge in [-0.05, 0) is 32.7 Å². The third-order valence-electron chi connectivity index (χ3n) is 3.91. The predicted molar refractivity (Wildman–Crippen MR) is 65.7 cm³/mol. The van der Waals surface area contributed by atoms with Crippen molar-refractivity contribution in [2.45, 2.75) is 57.5 Å². The first kappa shape index (κ1) is 12.6. The van der Waals surface area contributed by atoms with E-state index in [9.17, 15) is 9.59 Å². The molecule has 0 bridgehead atoms. The lowest BCUT2D eigenvalue weighted by molar-refractivity contribution is -0.129. The van der Waals surface area contributed by atoms with Crippen LogP contribution in [0.15, 0.2) is 0 Å². The second-order valence-corrected chi connectivity index (χ2v) is 5.28. The van der Waals surface area contributed by atoms with Crippen molar-refractivity contribution in [3.05, 3.63) is 0 Å². The fraction of sp³-hybridized carbons (Fsp3) is 0.846. The number of Topliss-reactive ketones (excluding diaryl/α,β-unsaturated/α-hetero) is 1. The minimum atomic E-state index is -0.167. The highest BCUT2D eigenvalue weighted by molar-refractivity contribution is 5.84. The Labute approximate surface area is 103 Å². The molecule has 4 nitrogen and oxygen atoms in total. The van der Waals surface area contributed by atoms with E-state index in [-0.39, 0.29) is 17.7 Å². The molecular weight excluding hydrogens is 216 g/mol. The molecule has 0 aromatic rings. The molecule has 2 aliphatic rings. The van der Waals surface area contributed by atoms with Crippen molar-refractivity contribution in [1.29, 1.82) is 0 Å². The van der Waals surface area contributed by atoms with Gasteiger partial charge in [0, 0.05) is 12.5 Å². The van der Waals surface area contributed by atoms with Gasteiger partial charge in [-0.15, -0.1) is 0 Å². The van der Waals surface area contributed by atoms with Crippen molar-refractivity contribution in [2.75, 3.05) is 13.1 Å². The highest BCUT2D eigenvalue weighted by Crippen LogP contribution is 2.18. The van der Waals surface area contributed by atoms with E-state index in [1.807, 2.05) is 11.8 Å². The zero-order valence-electron chi connectivity index (χ0n) is 10.6. The second kappa shape index (κ2) is 5.63. The standard InChI is InChI=1S/C13H22N2O2/c1-10(15-8-4-7-12(16)9-15)13(17)14-11-5-2-3-6-11/h10-11H,2-9H2,1H3,(H,14,17). The van der Waals surface area contributed by atoms with E-state index in [0.717, 1.165) is 25.8 Å². The number of nitrogens with one attached hydrogen (secondary N) is 1. The van der Waals surface area contributed by atoms with Crippen LogP contribution in [-0.4, -0.2) is 41.8 Å². The molecule has 1 heterocycles. The number of carbonyl (C=O) groups excluding carboxylic acids is 2. The molecule has 1 N–H and O–H groups in total. The molecule has 0 spiro atoms. The Morgan fingerprint density at radius 1 is 1.35 bits per heavy atom. The Kier molecular flexibility index (Phi) is 4.15. The Morgan fingerprint density at radius 3 is 2.71 bits per heavy atom. The van der Waals surface area contributed by atoms with E-state index < -0.39 is 0 Å². The van der Waals surface area contributed by atoms with Gasteiger partial charge in [-0.1, -0.05) is 12.8 Å². The molecule has 0 aromatic carbocycles. The third kappa shape index (κ3) is 3.28. The minimum Gasteiger partial charge on any atom is -0.352 e. The number of amides is 1. The molecule has 4 heteroatoms. The number of nitrogens with zero attached hydrogens (tertiary/aromatic N) is 1. The Morgan fingerprint density at radius 2 is 2.06 bits per heavy atom. The van der Waals surface area contributed by atoms with Crippen LogP contribution >= 0.6 is 0 Å². The monoisotopic (exact) mass is 238 g/mol. The molecule has 1 saturated heterocycles. The van der Waals surface area contributed by atoms with E-state index in [1.165, 1.54) is 12.8 Å². The van der Waals surface area contributed by atoms with Crippen LogP contribution in [0.25, 0.3) is 0 Å². The summed E-state index contributed by atoms with van der Waals surface area (Å²) in [6.07, 6.45) is 6.23. The summed E-state index contributed by atoms with van der Waals surface area (Å²) in [5.41, 5.74) is 0. The van der Waals surface area contributed by atoms with Crippen molar-refractivity contribution in [3.8, 4) is 0 Å². The summed E-state index contributed by atoms with van der Waals surface area (Å²) >= 11 is 0.